The van der Waals surface area contributed by atoms with Crippen LogP contribution < -0.4 is 5.11 Å². The zero-order chi connectivity index (χ0) is 16.5. The van der Waals surface area contributed by atoms with E-state index in [9.17, 15) is 14.7 Å². The van der Waals surface area contributed by atoms with Crippen LogP contribution in [0.4, 0.5) is 0 Å². The first-order chi connectivity index (χ1) is 11.4. The number of carbonyl (C=O) groups excluding carboxylic acids is 2. The fraction of sp³-hybridized carbons (Fsp3) is 0.895. The molecule has 24 heavy (non-hydrogen) atoms. The zero-order valence-corrected chi connectivity index (χ0v) is 14.0. The largest absolute Gasteiger partial charge is 0.550 e. The van der Waals surface area contributed by atoms with Gasteiger partial charge in [-0.3, -0.25) is 4.79 Å². The third-order valence-electron chi connectivity index (χ3n) is 9.03. The molecule has 2 saturated heterocycles. The first-order valence-electron chi connectivity index (χ1n) is 9.46. The average molecular weight is 331 g/mol. The average Bonchev–Trinajstić information content (AvgIpc) is 3.16. The van der Waals surface area contributed by atoms with Gasteiger partial charge in [-0.05, 0) is 63.2 Å². The molecule has 130 valence electrons. The van der Waals surface area contributed by atoms with Gasteiger partial charge in [0.2, 0.25) is 0 Å². The van der Waals surface area contributed by atoms with Gasteiger partial charge >= 0.3 is 5.97 Å². The van der Waals surface area contributed by atoms with E-state index in [4.69, 9.17) is 9.47 Å². The van der Waals surface area contributed by atoms with Crippen LogP contribution in [0.5, 0.6) is 0 Å². The number of carboxylic acids is 1. The van der Waals surface area contributed by atoms with Gasteiger partial charge in [0.1, 0.15) is 5.60 Å². The van der Waals surface area contributed by atoms with Gasteiger partial charge in [0, 0.05) is 23.7 Å². The summed E-state index contributed by atoms with van der Waals surface area (Å²) in [6, 6.07) is 0. The van der Waals surface area contributed by atoms with Crippen molar-refractivity contribution in [3.63, 3.8) is 0 Å². The molecule has 5 heteroatoms. The number of hydrogen-bond acceptors (Lipinski definition) is 5. The highest BCUT2D eigenvalue weighted by molar-refractivity contribution is 5.84. The molecule has 0 N–H and O–H groups in total. The molecule has 2 heterocycles. The number of esters is 1. The third kappa shape index (κ3) is 1.20. The number of carboxylic acid groups (broad SMARTS) is 1. The van der Waals surface area contributed by atoms with Gasteiger partial charge in [-0.25, -0.2) is 0 Å². The highest BCUT2D eigenvalue weighted by Crippen LogP contribution is 2.79. The van der Waals surface area contributed by atoms with Crippen molar-refractivity contribution < 1.29 is 24.2 Å². The molecule has 0 aromatic carbocycles. The van der Waals surface area contributed by atoms with Gasteiger partial charge in [-0.2, -0.15) is 0 Å². The summed E-state index contributed by atoms with van der Waals surface area (Å²) in [5.74, 6) is -1.25. The van der Waals surface area contributed by atoms with E-state index < -0.39 is 22.9 Å². The van der Waals surface area contributed by atoms with Crippen LogP contribution in [0.3, 0.4) is 0 Å². The second kappa shape index (κ2) is 3.69. The third-order valence-corrected chi connectivity index (χ3v) is 9.03. The summed E-state index contributed by atoms with van der Waals surface area (Å²) >= 11 is 0. The van der Waals surface area contributed by atoms with E-state index in [2.05, 4.69) is 0 Å². The van der Waals surface area contributed by atoms with E-state index in [-0.39, 0.29) is 28.8 Å². The molecule has 4 bridgehead atoms. The summed E-state index contributed by atoms with van der Waals surface area (Å²) < 4.78 is 12.0. The fourth-order valence-corrected chi connectivity index (χ4v) is 8.35. The highest BCUT2D eigenvalue weighted by Gasteiger charge is 2.83. The molecule has 6 aliphatic rings. The van der Waals surface area contributed by atoms with Crippen molar-refractivity contribution in [2.24, 2.45) is 34.5 Å². The molecule has 2 aliphatic heterocycles. The number of carbonyl (C=O) groups is 2. The molecule has 5 nitrogen and oxygen atoms in total. The Morgan fingerprint density at radius 3 is 2.79 bits per heavy atom. The normalized spacial score (nSPS) is 62.3. The van der Waals surface area contributed by atoms with E-state index >= 15 is 0 Å². The smallest absolute Gasteiger partial charge is 0.312 e. The molecule has 0 aromatic heterocycles. The molecule has 8 atom stereocenters. The summed E-state index contributed by atoms with van der Waals surface area (Å²) in [7, 11) is 0. The Morgan fingerprint density at radius 1 is 1.29 bits per heavy atom. The monoisotopic (exact) mass is 331 g/mol. The van der Waals surface area contributed by atoms with Crippen LogP contribution >= 0.6 is 0 Å². The quantitative estimate of drug-likeness (QED) is 0.530. The van der Waals surface area contributed by atoms with Crippen LogP contribution in [-0.2, 0) is 19.1 Å². The van der Waals surface area contributed by atoms with E-state index in [1.807, 2.05) is 6.92 Å². The first-order valence-corrected chi connectivity index (χ1v) is 9.46. The van der Waals surface area contributed by atoms with E-state index in [1.165, 1.54) is 0 Å². The minimum Gasteiger partial charge on any atom is -0.550 e. The summed E-state index contributed by atoms with van der Waals surface area (Å²) in [6.07, 6.45) is 6.33. The maximum absolute atomic E-state index is 12.7. The first kappa shape index (κ1) is 14.1. The number of epoxide rings is 1. The second-order valence-electron chi connectivity index (χ2n) is 9.68. The van der Waals surface area contributed by atoms with Crippen molar-refractivity contribution in [3.8, 4) is 0 Å². The number of rotatable bonds is 1. The number of fused-ring (bicyclic) bond motifs is 2. The van der Waals surface area contributed by atoms with Gasteiger partial charge in [-0.1, -0.05) is 0 Å². The van der Waals surface area contributed by atoms with E-state index in [1.54, 1.807) is 0 Å². The molecule has 6 rings (SSSR count). The topological polar surface area (TPSA) is 79.0 Å². The molecule has 6 fully saturated rings. The number of hydrogen-bond donors (Lipinski definition) is 0. The summed E-state index contributed by atoms with van der Waals surface area (Å²) in [5.41, 5.74) is -1.56. The number of ether oxygens (including phenoxy) is 2. The van der Waals surface area contributed by atoms with Crippen LogP contribution in [0, 0.1) is 34.5 Å². The molecular weight excluding hydrogens is 308 g/mol. The summed E-state index contributed by atoms with van der Waals surface area (Å²) in [5, 5.41) is 12.4. The Balaban J connectivity index is 1.58. The maximum atomic E-state index is 12.7. The molecule has 1 unspecified atom stereocenters. The Hall–Kier alpha value is -1.10. The van der Waals surface area contributed by atoms with Crippen molar-refractivity contribution in [2.75, 3.05) is 6.61 Å². The van der Waals surface area contributed by atoms with Gasteiger partial charge in [0.15, 0.2) is 0 Å². The lowest BCUT2D eigenvalue weighted by Gasteiger charge is -2.44. The van der Waals surface area contributed by atoms with Crippen molar-refractivity contribution >= 4 is 11.9 Å². The lowest BCUT2D eigenvalue weighted by molar-refractivity contribution is -0.318. The Labute approximate surface area is 141 Å². The van der Waals surface area contributed by atoms with Crippen LogP contribution in [0.15, 0.2) is 0 Å². The van der Waals surface area contributed by atoms with Crippen molar-refractivity contribution in [2.45, 2.75) is 63.1 Å². The van der Waals surface area contributed by atoms with E-state index in [0.717, 1.165) is 51.6 Å². The van der Waals surface area contributed by atoms with E-state index in [0.29, 0.717) is 5.92 Å². The summed E-state index contributed by atoms with van der Waals surface area (Å²) in [6.45, 7) is 2.72. The molecule has 4 saturated carbocycles. The highest BCUT2D eigenvalue weighted by atomic mass is 16.6. The van der Waals surface area contributed by atoms with Crippen molar-refractivity contribution in [1.82, 2.24) is 0 Å². The molecule has 0 radical (unpaired) electrons. The minimum absolute atomic E-state index is 0.0727. The number of aliphatic carboxylic acids is 1. The van der Waals surface area contributed by atoms with Gasteiger partial charge in [0.25, 0.3) is 0 Å². The molecule has 4 aliphatic carbocycles. The van der Waals surface area contributed by atoms with Gasteiger partial charge < -0.3 is 19.4 Å². The Morgan fingerprint density at radius 2 is 2.08 bits per heavy atom. The molecular formula is C19H23O5-. The Kier molecular flexibility index (Phi) is 2.17. The zero-order valence-electron chi connectivity index (χ0n) is 14.0. The van der Waals surface area contributed by atoms with Crippen molar-refractivity contribution in [3.05, 3.63) is 0 Å². The predicted molar refractivity (Wildman–Crippen MR) is 79.3 cm³/mol. The van der Waals surface area contributed by atoms with Crippen molar-refractivity contribution in [1.29, 1.82) is 0 Å². The van der Waals surface area contributed by atoms with Gasteiger partial charge in [-0.15, -0.1) is 0 Å². The lowest BCUT2D eigenvalue weighted by atomic mass is 9.60. The molecule has 0 aromatic rings. The van der Waals surface area contributed by atoms with Crippen LogP contribution in [0.25, 0.3) is 0 Å². The molecule has 0 amide bonds. The fourth-order valence-electron chi connectivity index (χ4n) is 8.35. The standard InChI is InChI=1S/C19H24O5/c1-16-5-2-6-19(24-15(16)22)11-4-3-10-7-17(11,8-18(10)9-23-18)12(13(16)19)14(20)21/h10-13H,2-9H2,1H3,(H,20,21)/p-1/t10-,11-,12-,13-,16+,17-,18?,19-/m1/s1. The second-order valence-corrected chi connectivity index (χ2v) is 9.68. The predicted octanol–water partition coefficient (Wildman–Crippen LogP) is 1.04. The Bertz CT molecular complexity index is 683. The van der Waals surface area contributed by atoms with Gasteiger partial charge in [0.05, 0.1) is 17.6 Å². The summed E-state index contributed by atoms with van der Waals surface area (Å²) in [4.78, 5) is 25.1. The minimum atomic E-state index is -0.961. The SMILES string of the molecule is C[C@@]12CCC[C@@]3(OC1=O)[C@@H]1CC[C@@H]4C[C@]1(CC41CO1)[C@@H](C(=O)[O-])[C@@H]32. The lowest BCUT2D eigenvalue weighted by Crippen LogP contribution is -2.49. The maximum Gasteiger partial charge on any atom is 0.312 e. The van der Waals surface area contributed by atoms with Crippen LogP contribution in [0.2, 0.25) is 0 Å². The molecule has 2 spiro atoms. The van der Waals surface area contributed by atoms with Crippen LogP contribution in [0.1, 0.15) is 51.9 Å². The van der Waals surface area contributed by atoms with Crippen LogP contribution in [-0.4, -0.2) is 29.7 Å².